The van der Waals surface area contributed by atoms with Crippen LogP contribution in [0.2, 0.25) is 0 Å². The number of ether oxygens (including phenoxy) is 4. The molecule has 0 bridgehead atoms. The summed E-state index contributed by atoms with van der Waals surface area (Å²) >= 11 is 3.54. The summed E-state index contributed by atoms with van der Waals surface area (Å²) in [5.74, 6) is 2.35. The normalized spacial score (nSPS) is 11.4. The molecule has 0 fully saturated rings. The fourth-order valence-corrected chi connectivity index (χ4v) is 3.11. The lowest BCUT2D eigenvalue weighted by Gasteiger charge is -2.21. The number of hydrogen-bond acceptors (Lipinski definition) is 5. The fraction of sp³-hybridized carbons (Fsp3) is 0.278. The number of hydrogen-bond donors (Lipinski definition) is 1. The van der Waals surface area contributed by atoms with Crippen LogP contribution in [0.15, 0.2) is 34.8 Å². The van der Waals surface area contributed by atoms with E-state index in [1.165, 1.54) is 0 Å². The van der Waals surface area contributed by atoms with E-state index in [9.17, 15) is 4.79 Å². The van der Waals surface area contributed by atoms with Crippen LogP contribution < -0.4 is 24.3 Å². The monoisotopic (exact) mass is 409 g/mol. The molecule has 0 aliphatic heterocycles. The maximum atomic E-state index is 11.2. The molecule has 134 valence electrons. The molecule has 25 heavy (non-hydrogen) atoms. The predicted octanol–water partition coefficient (Wildman–Crippen LogP) is 3.32. The van der Waals surface area contributed by atoms with Crippen LogP contribution in [-0.2, 0) is 4.79 Å². The van der Waals surface area contributed by atoms with E-state index in [4.69, 9.17) is 18.9 Å². The number of carbonyl (C=O) groups is 1. The number of amides is 1. The van der Waals surface area contributed by atoms with Crippen molar-refractivity contribution in [1.82, 2.24) is 5.32 Å². The third-order valence-corrected chi connectivity index (χ3v) is 4.48. The Labute approximate surface area is 155 Å². The number of methoxy groups -OCH3 is 4. The summed E-state index contributed by atoms with van der Waals surface area (Å²) in [4.78, 5) is 11.2. The molecule has 0 unspecified atom stereocenters. The van der Waals surface area contributed by atoms with Crippen LogP contribution in [0, 0.1) is 0 Å². The van der Waals surface area contributed by atoms with Gasteiger partial charge < -0.3 is 24.3 Å². The van der Waals surface area contributed by atoms with Crippen molar-refractivity contribution in [3.8, 4) is 23.0 Å². The lowest BCUT2D eigenvalue weighted by atomic mass is 9.98. The van der Waals surface area contributed by atoms with Crippen molar-refractivity contribution in [2.24, 2.45) is 0 Å². The molecule has 0 aromatic heterocycles. The van der Waals surface area contributed by atoms with Crippen molar-refractivity contribution < 1.29 is 23.7 Å². The summed E-state index contributed by atoms with van der Waals surface area (Å²) in [6.45, 7) is 0. The van der Waals surface area contributed by atoms with Crippen molar-refractivity contribution in [2.75, 3.05) is 28.4 Å². The van der Waals surface area contributed by atoms with Gasteiger partial charge in [0.25, 0.3) is 0 Å². The number of benzene rings is 2. The highest BCUT2D eigenvalue weighted by atomic mass is 79.9. The van der Waals surface area contributed by atoms with Gasteiger partial charge in [0.05, 0.1) is 34.5 Å². The van der Waals surface area contributed by atoms with E-state index in [1.54, 1.807) is 40.6 Å². The molecule has 2 aromatic carbocycles. The topological polar surface area (TPSA) is 66.0 Å². The van der Waals surface area contributed by atoms with Gasteiger partial charge in [-0.15, -0.1) is 0 Å². The fourth-order valence-electron chi connectivity index (χ4n) is 2.56. The zero-order chi connectivity index (χ0) is 18.4. The van der Waals surface area contributed by atoms with Crippen LogP contribution >= 0.6 is 15.9 Å². The maximum absolute atomic E-state index is 11.2. The SMILES string of the molecule is COc1ccc([C@@H](NC=O)c2cc(OC)c(OC)cc2Br)cc1OC. The van der Waals surface area contributed by atoms with Gasteiger partial charge in [-0.05, 0) is 35.4 Å². The van der Waals surface area contributed by atoms with Gasteiger partial charge in [-0.2, -0.15) is 0 Å². The number of halogens is 1. The molecule has 1 N–H and O–H groups in total. The zero-order valence-corrected chi connectivity index (χ0v) is 16.0. The van der Waals surface area contributed by atoms with Crippen molar-refractivity contribution in [3.05, 3.63) is 45.9 Å². The zero-order valence-electron chi connectivity index (χ0n) is 14.5. The molecule has 0 saturated carbocycles. The highest BCUT2D eigenvalue weighted by Crippen LogP contribution is 2.39. The molecule has 0 aliphatic rings. The first-order valence-electron chi connectivity index (χ1n) is 7.42. The molecule has 0 radical (unpaired) electrons. The van der Waals surface area contributed by atoms with E-state index >= 15 is 0 Å². The molecule has 1 amide bonds. The Bertz CT molecular complexity index is 750. The molecule has 2 rings (SSSR count). The minimum Gasteiger partial charge on any atom is -0.493 e. The van der Waals surface area contributed by atoms with Gasteiger partial charge in [0.1, 0.15) is 0 Å². The first-order chi connectivity index (χ1) is 12.1. The van der Waals surface area contributed by atoms with Gasteiger partial charge >= 0.3 is 0 Å². The largest absolute Gasteiger partial charge is 0.493 e. The van der Waals surface area contributed by atoms with E-state index in [0.717, 1.165) is 15.6 Å². The van der Waals surface area contributed by atoms with Gasteiger partial charge in [-0.1, -0.05) is 22.0 Å². The van der Waals surface area contributed by atoms with Gasteiger partial charge in [0.15, 0.2) is 23.0 Å². The molecule has 7 heteroatoms. The maximum Gasteiger partial charge on any atom is 0.207 e. The highest BCUT2D eigenvalue weighted by Gasteiger charge is 2.21. The summed E-state index contributed by atoms with van der Waals surface area (Å²) in [6.07, 6.45) is 0.657. The van der Waals surface area contributed by atoms with Crippen LogP contribution in [0.3, 0.4) is 0 Å². The number of nitrogens with one attached hydrogen (secondary N) is 1. The average molecular weight is 410 g/mol. The van der Waals surface area contributed by atoms with Gasteiger partial charge in [-0.25, -0.2) is 0 Å². The van der Waals surface area contributed by atoms with E-state index in [2.05, 4.69) is 21.2 Å². The van der Waals surface area contributed by atoms with Crippen molar-refractivity contribution >= 4 is 22.3 Å². The van der Waals surface area contributed by atoms with Crippen LogP contribution in [0.25, 0.3) is 0 Å². The van der Waals surface area contributed by atoms with Gasteiger partial charge in [-0.3, -0.25) is 4.79 Å². The molecule has 0 spiro atoms. The molecule has 6 nitrogen and oxygen atoms in total. The third-order valence-electron chi connectivity index (χ3n) is 3.79. The highest BCUT2D eigenvalue weighted by molar-refractivity contribution is 9.10. The van der Waals surface area contributed by atoms with Crippen molar-refractivity contribution in [3.63, 3.8) is 0 Å². The smallest absolute Gasteiger partial charge is 0.207 e. The lowest BCUT2D eigenvalue weighted by Crippen LogP contribution is -2.21. The molecular weight excluding hydrogens is 390 g/mol. The van der Waals surface area contributed by atoms with E-state index in [0.29, 0.717) is 29.4 Å². The quantitative estimate of drug-likeness (QED) is 0.677. The Morgan fingerprint density at radius 2 is 1.44 bits per heavy atom. The average Bonchev–Trinajstić information content (AvgIpc) is 2.65. The second-order valence-corrected chi connectivity index (χ2v) is 5.91. The second kappa shape index (κ2) is 8.62. The minimum absolute atomic E-state index is 0.411. The number of carbonyl (C=O) groups excluding carboxylic acids is 1. The summed E-state index contributed by atoms with van der Waals surface area (Å²) in [5, 5.41) is 2.83. The van der Waals surface area contributed by atoms with E-state index in [-0.39, 0.29) is 0 Å². The van der Waals surface area contributed by atoms with Gasteiger partial charge in [0, 0.05) is 4.47 Å². The van der Waals surface area contributed by atoms with Crippen LogP contribution in [0.4, 0.5) is 0 Å². The second-order valence-electron chi connectivity index (χ2n) is 5.06. The predicted molar refractivity (Wildman–Crippen MR) is 97.8 cm³/mol. The Morgan fingerprint density at radius 3 is 2.00 bits per heavy atom. The first-order valence-corrected chi connectivity index (χ1v) is 8.21. The molecule has 2 aromatic rings. The lowest BCUT2D eigenvalue weighted by molar-refractivity contribution is -0.110. The van der Waals surface area contributed by atoms with Gasteiger partial charge in [0.2, 0.25) is 6.41 Å². The molecule has 0 aliphatic carbocycles. The Morgan fingerprint density at radius 1 is 0.880 bits per heavy atom. The summed E-state index contributed by atoms with van der Waals surface area (Å²) in [7, 11) is 6.27. The van der Waals surface area contributed by atoms with E-state index < -0.39 is 6.04 Å². The first kappa shape index (κ1) is 18.9. The summed E-state index contributed by atoms with van der Waals surface area (Å²) < 4.78 is 22.1. The Kier molecular flexibility index (Phi) is 6.52. The third kappa shape index (κ3) is 3.99. The van der Waals surface area contributed by atoms with Crippen LogP contribution in [-0.4, -0.2) is 34.8 Å². The Balaban J connectivity index is 2.57. The standard InChI is InChI=1S/C18H20BrNO5/c1-22-14-6-5-11(7-15(14)23-2)18(20-10-21)12-8-16(24-3)17(25-4)9-13(12)19/h5-10,18H,1-4H3,(H,20,21)/t18-/m1/s1. The van der Waals surface area contributed by atoms with Crippen molar-refractivity contribution in [1.29, 1.82) is 0 Å². The Hall–Kier alpha value is -2.41. The minimum atomic E-state index is -0.411. The molecule has 0 saturated heterocycles. The summed E-state index contributed by atoms with van der Waals surface area (Å²) in [5.41, 5.74) is 1.65. The molecular formula is C18H20BrNO5. The molecule has 1 atom stereocenters. The van der Waals surface area contributed by atoms with Crippen molar-refractivity contribution in [2.45, 2.75) is 6.04 Å². The number of rotatable bonds is 8. The molecule has 0 heterocycles. The van der Waals surface area contributed by atoms with E-state index in [1.807, 2.05) is 18.2 Å². The van der Waals surface area contributed by atoms with Crippen LogP contribution in [0.5, 0.6) is 23.0 Å². The summed E-state index contributed by atoms with van der Waals surface area (Å²) in [6, 6.07) is 8.69. The van der Waals surface area contributed by atoms with Crippen LogP contribution in [0.1, 0.15) is 17.2 Å².